The lowest BCUT2D eigenvalue weighted by molar-refractivity contribution is 0.521. The number of anilines is 2. The molecule has 0 heterocycles. The van der Waals surface area contributed by atoms with E-state index in [1.54, 1.807) is 12.1 Å². The van der Waals surface area contributed by atoms with Crippen molar-refractivity contribution in [3.05, 3.63) is 18.2 Å². The molecule has 6 heteroatoms. The molecule has 1 unspecified atom stereocenters. The molecule has 0 amide bonds. The molecule has 0 radical (unpaired) electrons. The fraction of sp³-hybridized carbons (Fsp3) is 0.538. The summed E-state index contributed by atoms with van der Waals surface area (Å²) in [7, 11) is -0.425. The van der Waals surface area contributed by atoms with E-state index >= 15 is 0 Å². The van der Waals surface area contributed by atoms with Crippen molar-refractivity contribution in [3.63, 3.8) is 0 Å². The van der Waals surface area contributed by atoms with Crippen LogP contribution in [-0.4, -0.2) is 33.4 Å². The summed E-state index contributed by atoms with van der Waals surface area (Å²) in [5.74, 6) is 0.546. The highest BCUT2D eigenvalue weighted by atomic mass is 32.2. The first kappa shape index (κ1) is 15.8. The third-order valence-electron chi connectivity index (χ3n) is 3.14. The Labute approximate surface area is 115 Å². The average molecular weight is 285 g/mol. The second-order valence-corrected chi connectivity index (χ2v) is 7.08. The van der Waals surface area contributed by atoms with Crippen LogP contribution < -0.4 is 11.1 Å². The summed E-state index contributed by atoms with van der Waals surface area (Å²) in [4.78, 5) is 0.212. The van der Waals surface area contributed by atoms with E-state index in [4.69, 9.17) is 5.73 Å². The number of nitrogens with two attached hydrogens (primary N) is 1. The van der Waals surface area contributed by atoms with Gasteiger partial charge in [-0.05, 0) is 24.1 Å². The summed E-state index contributed by atoms with van der Waals surface area (Å²) < 4.78 is 25.1. The maximum absolute atomic E-state index is 12.0. The average Bonchev–Trinajstić information content (AvgIpc) is 2.36. The molecule has 1 atom stereocenters. The van der Waals surface area contributed by atoms with Gasteiger partial charge >= 0.3 is 0 Å². The molecule has 0 bridgehead atoms. The van der Waals surface area contributed by atoms with Crippen LogP contribution in [0.4, 0.5) is 11.4 Å². The van der Waals surface area contributed by atoms with Gasteiger partial charge in [0.1, 0.15) is 0 Å². The largest absolute Gasteiger partial charge is 0.397 e. The van der Waals surface area contributed by atoms with Gasteiger partial charge in [0.2, 0.25) is 10.0 Å². The zero-order chi connectivity index (χ0) is 14.6. The first-order valence-corrected chi connectivity index (χ1v) is 7.79. The van der Waals surface area contributed by atoms with Crippen LogP contribution >= 0.6 is 0 Å². The summed E-state index contributed by atoms with van der Waals surface area (Å²) in [5, 5.41) is 3.24. The van der Waals surface area contributed by atoms with Gasteiger partial charge in [-0.2, -0.15) is 0 Å². The van der Waals surface area contributed by atoms with Crippen molar-refractivity contribution < 1.29 is 8.42 Å². The van der Waals surface area contributed by atoms with Gasteiger partial charge in [-0.15, -0.1) is 0 Å². The van der Waals surface area contributed by atoms with Crippen molar-refractivity contribution in [1.82, 2.24) is 4.31 Å². The number of hydrogen-bond donors (Lipinski definition) is 2. The molecule has 1 aromatic carbocycles. The molecule has 0 aliphatic carbocycles. The van der Waals surface area contributed by atoms with Gasteiger partial charge in [0.05, 0.1) is 16.3 Å². The molecule has 0 saturated carbocycles. The molecule has 3 N–H and O–H groups in total. The highest BCUT2D eigenvalue weighted by Crippen LogP contribution is 2.24. The van der Waals surface area contributed by atoms with E-state index in [2.05, 4.69) is 19.2 Å². The molecular formula is C13H23N3O2S. The predicted molar refractivity (Wildman–Crippen MR) is 79.7 cm³/mol. The van der Waals surface area contributed by atoms with Crippen molar-refractivity contribution >= 4 is 21.4 Å². The Balaban J connectivity index is 2.92. The number of benzene rings is 1. The lowest BCUT2D eigenvalue weighted by atomic mass is 10.1. The molecular weight excluding hydrogens is 262 g/mol. The molecule has 0 aliphatic heterocycles. The predicted octanol–water partition coefficient (Wildman–Crippen LogP) is 1.98. The number of hydrogen-bond acceptors (Lipinski definition) is 4. The normalized spacial score (nSPS) is 13.5. The molecule has 0 aliphatic rings. The third-order valence-corrected chi connectivity index (χ3v) is 4.95. The Kier molecular flexibility index (Phi) is 5.20. The smallest absolute Gasteiger partial charge is 0.242 e. The highest BCUT2D eigenvalue weighted by Gasteiger charge is 2.18. The van der Waals surface area contributed by atoms with Gasteiger partial charge in [-0.25, -0.2) is 12.7 Å². The van der Waals surface area contributed by atoms with Crippen molar-refractivity contribution in [1.29, 1.82) is 0 Å². The lowest BCUT2D eigenvalue weighted by Crippen LogP contribution is -2.22. The molecule has 108 valence electrons. The van der Waals surface area contributed by atoms with Crippen LogP contribution in [0.15, 0.2) is 23.1 Å². The summed E-state index contributed by atoms with van der Waals surface area (Å²) in [6.07, 6.45) is 1.08. The van der Waals surface area contributed by atoms with Crippen LogP contribution in [0.2, 0.25) is 0 Å². The Morgan fingerprint density at radius 1 is 1.37 bits per heavy atom. The van der Waals surface area contributed by atoms with Gasteiger partial charge in [-0.3, -0.25) is 0 Å². The maximum Gasteiger partial charge on any atom is 0.242 e. The third kappa shape index (κ3) is 3.84. The minimum absolute atomic E-state index is 0.212. The van der Waals surface area contributed by atoms with Crippen LogP contribution in [0.25, 0.3) is 0 Å². The van der Waals surface area contributed by atoms with E-state index in [1.165, 1.54) is 24.5 Å². The zero-order valence-corrected chi connectivity index (χ0v) is 12.8. The van der Waals surface area contributed by atoms with Gasteiger partial charge in [0, 0.05) is 20.6 Å². The Bertz CT molecular complexity index is 527. The van der Waals surface area contributed by atoms with Crippen molar-refractivity contribution in [2.45, 2.75) is 25.2 Å². The monoisotopic (exact) mass is 285 g/mol. The Morgan fingerprint density at radius 2 is 2.00 bits per heavy atom. The molecule has 0 spiro atoms. The van der Waals surface area contributed by atoms with Gasteiger partial charge in [-0.1, -0.05) is 20.3 Å². The fourth-order valence-corrected chi connectivity index (χ4v) is 2.44. The highest BCUT2D eigenvalue weighted by molar-refractivity contribution is 7.89. The van der Waals surface area contributed by atoms with Crippen LogP contribution in [0.5, 0.6) is 0 Å². The van der Waals surface area contributed by atoms with E-state index in [-0.39, 0.29) is 4.90 Å². The Morgan fingerprint density at radius 3 is 2.47 bits per heavy atom. The van der Waals surface area contributed by atoms with Crippen molar-refractivity contribution in [3.8, 4) is 0 Å². The molecule has 0 saturated heterocycles. The Hall–Kier alpha value is -1.27. The van der Waals surface area contributed by atoms with E-state index < -0.39 is 10.0 Å². The SMILES string of the molecule is CCC(C)CNc1ccc(S(=O)(=O)N(C)C)cc1N. The molecule has 19 heavy (non-hydrogen) atoms. The first-order valence-electron chi connectivity index (χ1n) is 6.35. The molecule has 1 aromatic rings. The number of sulfonamides is 1. The molecule has 5 nitrogen and oxygen atoms in total. The van der Waals surface area contributed by atoms with Gasteiger partial charge in [0.15, 0.2) is 0 Å². The van der Waals surface area contributed by atoms with Crippen LogP contribution in [0.1, 0.15) is 20.3 Å². The minimum atomic E-state index is -3.43. The number of nitrogens with zero attached hydrogens (tertiary/aromatic N) is 1. The lowest BCUT2D eigenvalue weighted by Gasteiger charge is -2.15. The summed E-state index contributed by atoms with van der Waals surface area (Å²) >= 11 is 0. The molecule has 0 fully saturated rings. The molecule has 1 rings (SSSR count). The topological polar surface area (TPSA) is 75.4 Å². The number of nitrogens with one attached hydrogen (secondary N) is 1. The van der Waals surface area contributed by atoms with Crippen LogP contribution in [0.3, 0.4) is 0 Å². The summed E-state index contributed by atoms with van der Waals surface area (Å²) in [6.45, 7) is 5.09. The number of rotatable bonds is 6. The number of nitrogen functional groups attached to an aromatic ring is 1. The van der Waals surface area contributed by atoms with Crippen LogP contribution in [0, 0.1) is 5.92 Å². The van der Waals surface area contributed by atoms with Gasteiger partial charge < -0.3 is 11.1 Å². The second kappa shape index (κ2) is 6.25. The second-order valence-electron chi connectivity index (χ2n) is 4.93. The van der Waals surface area contributed by atoms with Crippen LogP contribution in [-0.2, 0) is 10.0 Å². The molecule has 0 aromatic heterocycles. The summed E-state index contributed by atoms with van der Waals surface area (Å²) in [6, 6.07) is 4.78. The fourth-order valence-electron chi connectivity index (χ4n) is 1.50. The van der Waals surface area contributed by atoms with E-state index in [1.807, 2.05) is 0 Å². The standard InChI is InChI=1S/C13H23N3O2S/c1-5-10(2)9-15-13-7-6-11(8-12(13)14)19(17,18)16(3)4/h6-8,10,15H,5,9,14H2,1-4H3. The van der Waals surface area contributed by atoms with Crippen molar-refractivity contribution in [2.75, 3.05) is 31.7 Å². The minimum Gasteiger partial charge on any atom is -0.397 e. The first-order chi connectivity index (χ1) is 8.78. The van der Waals surface area contributed by atoms with E-state index in [0.717, 1.165) is 18.7 Å². The van der Waals surface area contributed by atoms with E-state index in [0.29, 0.717) is 11.6 Å². The quantitative estimate of drug-likeness (QED) is 0.784. The zero-order valence-electron chi connectivity index (χ0n) is 12.0. The van der Waals surface area contributed by atoms with Crippen molar-refractivity contribution in [2.24, 2.45) is 5.92 Å². The summed E-state index contributed by atoms with van der Waals surface area (Å²) in [5.41, 5.74) is 7.13. The van der Waals surface area contributed by atoms with Gasteiger partial charge in [0.25, 0.3) is 0 Å². The van der Waals surface area contributed by atoms with E-state index in [9.17, 15) is 8.42 Å². The maximum atomic E-state index is 12.0.